The number of aryl methyl sites for hydroxylation is 1. The first-order chi connectivity index (χ1) is 5.69. The van der Waals surface area contributed by atoms with Gasteiger partial charge in [0, 0.05) is 12.6 Å². The van der Waals surface area contributed by atoms with Gasteiger partial charge in [-0.05, 0) is 6.92 Å². The molecule has 0 fully saturated rings. The number of pyridine rings is 1. The van der Waals surface area contributed by atoms with Crippen LogP contribution in [0.15, 0.2) is 17.1 Å². The molecule has 0 spiro atoms. The van der Waals surface area contributed by atoms with Gasteiger partial charge in [-0.25, -0.2) is 4.39 Å². The fourth-order valence-electron chi connectivity index (χ4n) is 1.01. The van der Waals surface area contributed by atoms with Crippen molar-refractivity contribution >= 4 is 0 Å². The van der Waals surface area contributed by atoms with E-state index in [4.69, 9.17) is 5.11 Å². The fourth-order valence-corrected chi connectivity index (χ4v) is 1.01. The van der Waals surface area contributed by atoms with E-state index in [0.717, 1.165) is 6.07 Å². The van der Waals surface area contributed by atoms with Gasteiger partial charge in [-0.15, -0.1) is 0 Å². The summed E-state index contributed by atoms with van der Waals surface area (Å²) in [5.41, 5.74) is -0.243. The topological polar surface area (TPSA) is 42.2 Å². The standard InChI is InChI=1S/C8H10FNO2/c1-2-10-5-8(12)7(11)3-6(10)4-9/h3,5,12H,2,4H2,1H3. The van der Waals surface area contributed by atoms with Crippen molar-refractivity contribution in [2.24, 2.45) is 0 Å². The number of aromatic nitrogens is 1. The summed E-state index contributed by atoms with van der Waals surface area (Å²) in [7, 11) is 0. The van der Waals surface area contributed by atoms with E-state index in [9.17, 15) is 9.18 Å². The number of nitrogens with zero attached hydrogens (tertiary/aromatic N) is 1. The average molecular weight is 171 g/mol. The van der Waals surface area contributed by atoms with Crippen LogP contribution in [0.5, 0.6) is 5.75 Å². The molecule has 66 valence electrons. The summed E-state index contributed by atoms with van der Waals surface area (Å²) < 4.78 is 13.7. The second kappa shape index (κ2) is 3.38. The minimum atomic E-state index is -0.691. The third-order valence-corrected chi connectivity index (χ3v) is 1.67. The van der Waals surface area contributed by atoms with Gasteiger partial charge in [0.15, 0.2) is 5.75 Å². The average Bonchev–Trinajstić information content (AvgIpc) is 2.09. The van der Waals surface area contributed by atoms with E-state index in [1.807, 2.05) is 6.92 Å². The Hall–Kier alpha value is -1.32. The first-order valence-corrected chi connectivity index (χ1v) is 3.67. The van der Waals surface area contributed by atoms with Crippen molar-refractivity contribution in [1.82, 2.24) is 4.57 Å². The first kappa shape index (κ1) is 8.77. The van der Waals surface area contributed by atoms with Crippen LogP contribution in [0.2, 0.25) is 0 Å². The minimum absolute atomic E-state index is 0.292. The van der Waals surface area contributed by atoms with Crippen molar-refractivity contribution in [3.63, 3.8) is 0 Å². The van der Waals surface area contributed by atoms with Crippen molar-refractivity contribution < 1.29 is 9.50 Å². The van der Waals surface area contributed by atoms with Gasteiger partial charge in [-0.3, -0.25) is 4.79 Å². The molecule has 0 amide bonds. The highest BCUT2D eigenvalue weighted by Crippen LogP contribution is 2.05. The second-order valence-electron chi connectivity index (χ2n) is 2.43. The van der Waals surface area contributed by atoms with Gasteiger partial charge in [-0.2, -0.15) is 0 Å². The summed E-state index contributed by atoms with van der Waals surface area (Å²) in [4.78, 5) is 10.8. The Kier molecular flexibility index (Phi) is 2.47. The molecule has 1 aromatic rings. The Morgan fingerprint density at radius 1 is 1.67 bits per heavy atom. The molecule has 0 aliphatic heterocycles. The molecule has 0 saturated heterocycles. The van der Waals surface area contributed by atoms with Gasteiger partial charge >= 0.3 is 0 Å². The summed E-state index contributed by atoms with van der Waals surface area (Å²) in [5, 5.41) is 9.00. The van der Waals surface area contributed by atoms with Gasteiger partial charge in [-0.1, -0.05) is 0 Å². The summed E-state index contributed by atoms with van der Waals surface area (Å²) in [6.45, 7) is 1.65. The largest absolute Gasteiger partial charge is 0.503 e. The number of hydrogen-bond donors (Lipinski definition) is 1. The van der Waals surface area contributed by atoms with Crippen LogP contribution in [0.4, 0.5) is 4.39 Å². The quantitative estimate of drug-likeness (QED) is 0.722. The number of alkyl halides is 1. The lowest BCUT2D eigenvalue weighted by molar-refractivity contribution is 0.436. The SMILES string of the molecule is CCn1cc(O)c(=O)cc1CF. The van der Waals surface area contributed by atoms with Crippen molar-refractivity contribution in [2.75, 3.05) is 0 Å². The van der Waals surface area contributed by atoms with E-state index < -0.39 is 12.1 Å². The molecule has 0 radical (unpaired) electrons. The van der Waals surface area contributed by atoms with E-state index in [-0.39, 0.29) is 5.75 Å². The van der Waals surface area contributed by atoms with E-state index in [0.29, 0.717) is 12.2 Å². The molecule has 0 aromatic carbocycles. The van der Waals surface area contributed by atoms with Crippen molar-refractivity contribution in [2.45, 2.75) is 20.1 Å². The monoisotopic (exact) mass is 171 g/mol. The van der Waals surface area contributed by atoms with Crippen LogP contribution in [-0.4, -0.2) is 9.67 Å². The molecule has 0 bridgehead atoms. The van der Waals surface area contributed by atoms with Crippen LogP contribution in [-0.2, 0) is 13.2 Å². The van der Waals surface area contributed by atoms with Gasteiger partial charge in [0.1, 0.15) is 6.67 Å². The van der Waals surface area contributed by atoms with Crippen LogP contribution in [0.1, 0.15) is 12.6 Å². The molecule has 3 nitrogen and oxygen atoms in total. The highest BCUT2D eigenvalue weighted by atomic mass is 19.1. The van der Waals surface area contributed by atoms with Crippen molar-refractivity contribution in [3.8, 4) is 5.75 Å². The molecule has 1 N–H and O–H groups in total. The molecule has 0 saturated carbocycles. The fraction of sp³-hybridized carbons (Fsp3) is 0.375. The van der Waals surface area contributed by atoms with Crippen LogP contribution < -0.4 is 5.43 Å². The summed E-state index contributed by atoms with van der Waals surface area (Å²) in [6.07, 6.45) is 1.25. The third-order valence-electron chi connectivity index (χ3n) is 1.67. The smallest absolute Gasteiger partial charge is 0.223 e. The van der Waals surface area contributed by atoms with Gasteiger partial charge in [0.25, 0.3) is 0 Å². The molecule has 0 aliphatic carbocycles. The van der Waals surface area contributed by atoms with Gasteiger partial charge in [0.2, 0.25) is 5.43 Å². The van der Waals surface area contributed by atoms with E-state index >= 15 is 0 Å². The molecular formula is C8H10FNO2. The summed E-state index contributed by atoms with van der Waals surface area (Å²) in [6, 6.07) is 1.11. The van der Waals surface area contributed by atoms with Gasteiger partial charge < -0.3 is 9.67 Å². The highest BCUT2D eigenvalue weighted by Gasteiger charge is 2.03. The molecule has 0 atom stereocenters. The Bertz CT molecular complexity index is 332. The Labute approximate surface area is 69.1 Å². The third kappa shape index (κ3) is 1.47. The molecule has 1 aromatic heterocycles. The number of aromatic hydroxyl groups is 1. The molecule has 1 rings (SSSR count). The van der Waals surface area contributed by atoms with Crippen LogP contribution >= 0.6 is 0 Å². The lowest BCUT2D eigenvalue weighted by atomic mass is 10.3. The molecule has 0 unspecified atom stereocenters. The maximum atomic E-state index is 12.2. The van der Waals surface area contributed by atoms with Crippen molar-refractivity contribution in [3.05, 3.63) is 28.2 Å². The van der Waals surface area contributed by atoms with E-state index in [1.165, 1.54) is 10.8 Å². The Morgan fingerprint density at radius 2 is 2.33 bits per heavy atom. The van der Waals surface area contributed by atoms with E-state index in [2.05, 4.69) is 0 Å². The van der Waals surface area contributed by atoms with Gasteiger partial charge in [0.05, 0.1) is 11.9 Å². The molecular weight excluding hydrogens is 161 g/mol. The number of rotatable bonds is 2. The lowest BCUT2D eigenvalue weighted by Crippen LogP contribution is -2.10. The number of hydrogen-bond acceptors (Lipinski definition) is 2. The molecule has 1 heterocycles. The first-order valence-electron chi connectivity index (χ1n) is 3.67. The van der Waals surface area contributed by atoms with Crippen LogP contribution in [0.3, 0.4) is 0 Å². The zero-order chi connectivity index (χ0) is 9.14. The molecule has 4 heteroatoms. The predicted molar refractivity (Wildman–Crippen MR) is 42.9 cm³/mol. The lowest BCUT2D eigenvalue weighted by Gasteiger charge is -2.07. The summed E-state index contributed by atoms with van der Waals surface area (Å²) >= 11 is 0. The van der Waals surface area contributed by atoms with E-state index in [1.54, 1.807) is 0 Å². The summed E-state index contributed by atoms with van der Waals surface area (Å²) in [5.74, 6) is -0.339. The Balaban J connectivity index is 3.29. The minimum Gasteiger partial charge on any atom is -0.503 e. The van der Waals surface area contributed by atoms with Crippen molar-refractivity contribution in [1.29, 1.82) is 0 Å². The maximum Gasteiger partial charge on any atom is 0.223 e. The van der Waals surface area contributed by atoms with Crippen LogP contribution in [0, 0.1) is 0 Å². The highest BCUT2D eigenvalue weighted by molar-refractivity contribution is 5.19. The number of halogens is 1. The zero-order valence-corrected chi connectivity index (χ0v) is 6.75. The second-order valence-corrected chi connectivity index (χ2v) is 2.43. The maximum absolute atomic E-state index is 12.2. The normalized spacial score (nSPS) is 10.2. The molecule has 12 heavy (non-hydrogen) atoms. The Morgan fingerprint density at radius 3 is 2.83 bits per heavy atom. The van der Waals surface area contributed by atoms with Crippen LogP contribution in [0.25, 0.3) is 0 Å². The molecule has 0 aliphatic rings. The predicted octanol–water partition coefficient (Wildman–Crippen LogP) is 1.04. The zero-order valence-electron chi connectivity index (χ0n) is 6.75.